The number of alkyl halides is 3. The van der Waals surface area contributed by atoms with E-state index in [1.807, 2.05) is 0 Å². The van der Waals surface area contributed by atoms with Crippen molar-refractivity contribution >= 4 is 5.91 Å². The number of methoxy groups -OCH3 is 3. The van der Waals surface area contributed by atoms with Gasteiger partial charge in [0.2, 0.25) is 17.1 Å². The van der Waals surface area contributed by atoms with Gasteiger partial charge < -0.3 is 24.3 Å². The summed E-state index contributed by atoms with van der Waals surface area (Å²) >= 11 is 0. The monoisotopic (exact) mass is 481 g/mol. The maximum Gasteiger partial charge on any atom is 0.422 e. The van der Waals surface area contributed by atoms with E-state index >= 15 is 0 Å². The normalized spacial score (nSPS) is 14.9. The van der Waals surface area contributed by atoms with Gasteiger partial charge in [0.1, 0.15) is 0 Å². The third kappa shape index (κ3) is 5.05. The fourth-order valence-electron chi connectivity index (χ4n) is 4.17. The molecule has 1 aliphatic rings. The van der Waals surface area contributed by atoms with Crippen LogP contribution in [0.25, 0.3) is 11.1 Å². The van der Waals surface area contributed by atoms with Gasteiger partial charge in [0.15, 0.2) is 23.9 Å². The van der Waals surface area contributed by atoms with Gasteiger partial charge in [-0.05, 0) is 54.7 Å². The highest BCUT2D eigenvalue weighted by Gasteiger charge is 2.32. The van der Waals surface area contributed by atoms with Crippen molar-refractivity contribution < 1.29 is 36.9 Å². The Kier molecular flexibility index (Phi) is 7.28. The minimum atomic E-state index is -4.62. The standard InChI is InChI=1S/C24H26F3NO6/c1-12-8-16-15(10-18(21(12)30)34-11-24(25,26)27)17(28-13(2)29)7-6-14-9-19(31-3)22(32-4)23(33-5)20(14)16/h8-10,17H,6-7,11H2,1-5H3,(H,28,29)/t17-/m0/s1. The predicted molar refractivity (Wildman–Crippen MR) is 119 cm³/mol. The van der Waals surface area contributed by atoms with Gasteiger partial charge in [-0.1, -0.05) is 0 Å². The van der Waals surface area contributed by atoms with Crippen molar-refractivity contribution in [1.82, 2.24) is 5.32 Å². The average Bonchev–Trinajstić information content (AvgIpc) is 2.98. The Morgan fingerprint density at radius 1 is 1.06 bits per heavy atom. The van der Waals surface area contributed by atoms with E-state index in [9.17, 15) is 22.8 Å². The summed E-state index contributed by atoms with van der Waals surface area (Å²) in [5.74, 6) is 0.333. The molecule has 7 nitrogen and oxygen atoms in total. The number of carbonyl (C=O) groups excluding carboxylic acids is 1. The molecule has 2 aromatic carbocycles. The molecule has 0 aromatic heterocycles. The lowest BCUT2D eigenvalue weighted by atomic mass is 9.95. The molecular formula is C24H26F3NO6. The lowest BCUT2D eigenvalue weighted by molar-refractivity contribution is -0.153. The molecular weight excluding hydrogens is 455 g/mol. The Bertz CT molecular complexity index is 1160. The van der Waals surface area contributed by atoms with Crippen molar-refractivity contribution in [1.29, 1.82) is 0 Å². The largest absolute Gasteiger partial charge is 0.493 e. The molecule has 1 amide bonds. The van der Waals surface area contributed by atoms with Crippen molar-refractivity contribution in [3.8, 4) is 34.1 Å². The minimum Gasteiger partial charge on any atom is -0.493 e. The van der Waals surface area contributed by atoms with E-state index in [-0.39, 0.29) is 11.5 Å². The van der Waals surface area contributed by atoms with Gasteiger partial charge in [0, 0.05) is 18.1 Å². The van der Waals surface area contributed by atoms with Gasteiger partial charge in [0.25, 0.3) is 0 Å². The topological polar surface area (TPSA) is 83.1 Å². The number of carbonyl (C=O) groups is 1. The summed E-state index contributed by atoms with van der Waals surface area (Å²) in [6.07, 6.45) is -3.73. The van der Waals surface area contributed by atoms with Crippen molar-refractivity contribution in [2.75, 3.05) is 27.9 Å². The number of ether oxygens (including phenoxy) is 4. The van der Waals surface area contributed by atoms with Crippen LogP contribution in [0, 0.1) is 6.92 Å². The zero-order valence-corrected chi connectivity index (χ0v) is 19.5. The minimum absolute atomic E-state index is 0.171. The molecule has 0 aliphatic heterocycles. The summed E-state index contributed by atoms with van der Waals surface area (Å²) in [5.41, 5.74) is 1.84. The van der Waals surface area contributed by atoms with E-state index in [0.717, 1.165) is 5.56 Å². The third-order valence-electron chi connectivity index (χ3n) is 5.57. The Morgan fingerprint density at radius 2 is 1.74 bits per heavy atom. The molecule has 0 saturated heterocycles. The van der Waals surface area contributed by atoms with Gasteiger partial charge in [-0.3, -0.25) is 9.59 Å². The molecule has 184 valence electrons. The maximum absolute atomic E-state index is 12.9. The highest BCUT2D eigenvalue weighted by molar-refractivity contribution is 5.84. The van der Waals surface area contributed by atoms with Crippen LogP contribution in [0.1, 0.15) is 36.1 Å². The number of benzene rings is 1. The van der Waals surface area contributed by atoms with Crippen molar-refractivity contribution in [2.24, 2.45) is 0 Å². The molecule has 1 N–H and O–H groups in total. The second kappa shape index (κ2) is 9.82. The number of amides is 1. The molecule has 0 unspecified atom stereocenters. The number of rotatable bonds is 6. The Labute approximate surface area is 194 Å². The summed E-state index contributed by atoms with van der Waals surface area (Å²) in [4.78, 5) is 24.9. The quantitative estimate of drug-likeness (QED) is 0.669. The summed E-state index contributed by atoms with van der Waals surface area (Å²) < 4.78 is 60.1. The average molecular weight is 481 g/mol. The van der Waals surface area contributed by atoms with E-state index in [4.69, 9.17) is 18.9 Å². The Balaban J connectivity index is 2.40. The van der Waals surface area contributed by atoms with Crippen molar-refractivity contribution in [2.45, 2.75) is 38.9 Å². The maximum atomic E-state index is 12.9. The molecule has 34 heavy (non-hydrogen) atoms. The first-order valence-corrected chi connectivity index (χ1v) is 10.5. The van der Waals surface area contributed by atoms with Crippen LogP contribution in [0.5, 0.6) is 23.0 Å². The van der Waals surface area contributed by atoms with E-state index in [2.05, 4.69) is 5.32 Å². The molecule has 0 bridgehead atoms. The SMILES string of the molecule is COc1cc2c(c(OC)c1OC)-c1cc(C)c(=O)c(OCC(F)(F)F)cc1[C@@H](NC(C)=O)CC2. The van der Waals surface area contributed by atoms with Crippen LogP contribution in [0.15, 0.2) is 23.0 Å². The summed E-state index contributed by atoms with van der Waals surface area (Å²) in [5, 5.41) is 2.84. The van der Waals surface area contributed by atoms with Crippen LogP contribution in [0.3, 0.4) is 0 Å². The fourth-order valence-corrected chi connectivity index (χ4v) is 4.17. The Hall–Kier alpha value is -3.43. The number of hydrogen-bond donors (Lipinski definition) is 1. The van der Waals surface area contributed by atoms with Gasteiger partial charge in [-0.2, -0.15) is 13.2 Å². The zero-order chi connectivity index (χ0) is 25.2. The third-order valence-corrected chi connectivity index (χ3v) is 5.57. The molecule has 1 aliphatic carbocycles. The van der Waals surface area contributed by atoms with Gasteiger partial charge >= 0.3 is 6.18 Å². The number of halogens is 3. The van der Waals surface area contributed by atoms with E-state index in [0.29, 0.717) is 46.8 Å². The molecule has 0 radical (unpaired) electrons. The molecule has 10 heteroatoms. The second-order valence-corrected chi connectivity index (χ2v) is 7.91. The molecule has 1 atom stereocenters. The molecule has 0 fully saturated rings. The predicted octanol–water partition coefficient (Wildman–Crippen LogP) is 4.11. The fraction of sp³-hybridized carbons (Fsp3) is 0.417. The summed E-state index contributed by atoms with van der Waals surface area (Å²) in [6, 6.07) is 4.05. The lowest BCUT2D eigenvalue weighted by Crippen LogP contribution is -2.26. The summed E-state index contributed by atoms with van der Waals surface area (Å²) in [7, 11) is 4.41. The van der Waals surface area contributed by atoms with Crippen molar-refractivity contribution in [3.05, 3.63) is 45.1 Å². The molecule has 2 aromatic rings. The van der Waals surface area contributed by atoms with Crippen LogP contribution >= 0.6 is 0 Å². The van der Waals surface area contributed by atoms with Crippen LogP contribution in [-0.4, -0.2) is 40.0 Å². The Morgan fingerprint density at radius 3 is 2.29 bits per heavy atom. The van der Waals surface area contributed by atoms with E-state index in [1.165, 1.54) is 41.2 Å². The van der Waals surface area contributed by atoms with E-state index < -0.39 is 30.0 Å². The zero-order valence-electron chi connectivity index (χ0n) is 19.5. The van der Waals surface area contributed by atoms with Gasteiger partial charge in [-0.25, -0.2) is 0 Å². The number of aryl methyl sites for hydroxylation is 2. The first kappa shape index (κ1) is 25.2. The van der Waals surface area contributed by atoms with Crippen LogP contribution in [0.2, 0.25) is 0 Å². The number of hydrogen-bond acceptors (Lipinski definition) is 6. The molecule has 0 heterocycles. The summed E-state index contributed by atoms with van der Waals surface area (Å²) in [6.45, 7) is 1.23. The van der Waals surface area contributed by atoms with E-state index in [1.54, 1.807) is 12.1 Å². The first-order chi connectivity index (χ1) is 16.0. The lowest BCUT2D eigenvalue weighted by Gasteiger charge is -2.20. The molecule has 0 saturated carbocycles. The smallest absolute Gasteiger partial charge is 0.422 e. The molecule has 0 spiro atoms. The molecule has 3 rings (SSSR count). The highest BCUT2D eigenvalue weighted by Crippen LogP contribution is 2.50. The number of nitrogens with one attached hydrogen (secondary N) is 1. The van der Waals surface area contributed by atoms with Gasteiger partial charge in [-0.15, -0.1) is 0 Å². The van der Waals surface area contributed by atoms with Crippen LogP contribution in [-0.2, 0) is 11.2 Å². The van der Waals surface area contributed by atoms with Crippen LogP contribution in [0.4, 0.5) is 13.2 Å². The number of fused-ring (bicyclic) bond motifs is 3. The van der Waals surface area contributed by atoms with Gasteiger partial charge in [0.05, 0.1) is 27.4 Å². The van der Waals surface area contributed by atoms with Crippen LogP contribution < -0.4 is 29.7 Å². The highest BCUT2D eigenvalue weighted by atomic mass is 19.4. The first-order valence-electron chi connectivity index (χ1n) is 10.5. The second-order valence-electron chi connectivity index (χ2n) is 7.91. The van der Waals surface area contributed by atoms with Crippen molar-refractivity contribution in [3.63, 3.8) is 0 Å².